The lowest BCUT2D eigenvalue weighted by Crippen LogP contribution is -2.26. The number of H-pyrrole nitrogens is 1. The molecule has 1 N–H and O–H groups in total. The van der Waals surface area contributed by atoms with Crippen molar-refractivity contribution in [1.82, 2.24) is 9.38 Å². The second kappa shape index (κ2) is 4.23. The van der Waals surface area contributed by atoms with Crippen molar-refractivity contribution in [3.63, 3.8) is 0 Å². The maximum atomic E-state index is 12.0. The average Bonchev–Trinajstić information content (AvgIpc) is 3.15. The zero-order valence-corrected chi connectivity index (χ0v) is 12.6. The third kappa shape index (κ3) is 1.76. The number of nitrogens with zero attached hydrogens (tertiary/aromatic N) is 1. The molecule has 6 nitrogen and oxygen atoms in total. The molecule has 0 radical (unpaired) electrons. The number of imidazole rings is 1. The second-order valence-electron chi connectivity index (χ2n) is 6.70. The summed E-state index contributed by atoms with van der Waals surface area (Å²) < 4.78 is 12.4. The summed E-state index contributed by atoms with van der Waals surface area (Å²) in [5.74, 6) is -0.613. The van der Waals surface area contributed by atoms with E-state index in [0.717, 1.165) is 25.0 Å². The fourth-order valence-electron chi connectivity index (χ4n) is 3.86. The summed E-state index contributed by atoms with van der Waals surface area (Å²) in [4.78, 5) is 27.0. The molecule has 1 saturated carbocycles. The normalized spacial score (nSPS) is 30.1. The number of rotatable bonds is 2. The van der Waals surface area contributed by atoms with Gasteiger partial charge in [-0.25, -0.2) is 4.79 Å². The van der Waals surface area contributed by atoms with E-state index in [0.29, 0.717) is 12.3 Å². The van der Waals surface area contributed by atoms with Crippen molar-refractivity contribution in [3.05, 3.63) is 39.9 Å². The molecule has 2 aromatic heterocycles. The van der Waals surface area contributed by atoms with Crippen LogP contribution in [-0.2, 0) is 14.9 Å². The lowest BCUT2D eigenvalue weighted by Gasteiger charge is -2.25. The first-order valence-electron chi connectivity index (χ1n) is 7.43. The van der Waals surface area contributed by atoms with Crippen molar-refractivity contribution in [2.75, 3.05) is 13.7 Å². The summed E-state index contributed by atoms with van der Waals surface area (Å²) in [6.07, 6.45) is 6.60. The van der Waals surface area contributed by atoms with Crippen LogP contribution in [0.25, 0.3) is 5.65 Å². The molecule has 4 rings (SSSR count). The molecule has 116 valence electrons. The number of aromatic amines is 1. The quantitative estimate of drug-likeness (QED) is 0.856. The Labute approximate surface area is 127 Å². The Morgan fingerprint density at radius 1 is 1.41 bits per heavy atom. The molecule has 0 spiro atoms. The Bertz CT molecular complexity index is 824. The van der Waals surface area contributed by atoms with E-state index >= 15 is 0 Å². The van der Waals surface area contributed by atoms with Gasteiger partial charge in [-0.1, -0.05) is 0 Å². The van der Waals surface area contributed by atoms with E-state index in [-0.39, 0.29) is 22.0 Å². The number of esters is 1. The van der Waals surface area contributed by atoms with Crippen molar-refractivity contribution in [2.24, 2.45) is 0 Å². The molecule has 0 aromatic carbocycles. The first-order chi connectivity index (χ1) is 10.4. The van der Waals surface area contributed by atoms with Crippen molar-refractivity contribution in [2.45, 2.75) is 37.2 Å². The number of hydrogen-bond donors (Lipinski definition) is 1. The number of ether oxygens (including phenoxy) is 2. The van der Waals surface area contributed by atoms with Gasteiger partial charge < -0.3 is 18.9 Å². The minimum absolute atomic E-state index is 0.00472. The standard InChI is InChI=1S/C16H18N2O4/c1-15-3-4-16(8-15,9-22-15)12-7-18-6-10(14(20)21-2)11(19)5-13(18)17-12/h5-7,17H,3-4,8-9H2,1-2H3/t15-,16?/m0/s1. The van der Waals surface area contributed by atoms with Crippen LogP contribution in [0.5, 0.6) is 0 Å². The van der Waals surface area contributed by atoms with Gasteiger partial charge >= 0.3 is 5.97 Å². The fourth-order valence-corrected chi connectivity index (χ4v) is 3.86. The molecule has 6 heteroatoms. The minimum Gasteiger partial charge on any atom is -0.465 e. The number of aromatic nitrogens is 2. The maximum Gasteiger partial charge on any atom is 0.343 e. The molecule has 1 aliphatic carbocycles. The molecule has 2 fully saturated rings. The van der Waals surface area contributed by atoms with Gasteiger partial charge in [0.25, 0.3) is 0 Å². The van der Waals surface area contributed by atoms with Gasteiger partial charge in [0.15, 0.2) is 5.43 Å². The van der Waals surface area contributed by atoms with Crippen molar-refractivity contribution in [3.8, 4) is 0 Å². The van der Waals surface area contributed by atoms with E-state index in [4.69, 9.17) is 4.74 Å². The Balaban J connectivity index is 1.82. The highest BCUT2D eigenvalue weighted by Gasteiger charge is 2.54. The van der Waals surface area contributed by atoms with Crippen LogP contribution < -0.4 is 5.43 Å². The van der Waals surface area contributed by atoms with Crippen LogP contribution in [0.15, 0.2) is 23.3 Å². The highest BCUT2D eigenvalue weighted by molar-refractivity contribution is 5.89. The van der Waals surface area contributed by atoms with Crippen molar-refractivity contribution in [1.29, 1.82) is 0 Å². The van der Waals surface area contributed by atoms with Gasteiger partial charge in [-0.05, 0) is 26.2 Å². The number of methoxy groups -OCH3 is 1. The first kappa shape index (κ1) is 13.6. The molecule has 22 heavy (non-hydrogen) atoms. The second-order valence-corrected chi connectivity index (χ2v) is 6.70. The summed E-state index contributed by atoms with van der Waals surface area (Å²) in [6, 6.07) is 1.44. The Hall–Kier alpha value is -2.08. The van der Waals surface area contributed by atoms with Crippen LogP contribution in [0, 0.1) is 0 Å². The average molecular weight is 302 g/mol. The molecule has 2 aliphatic rings. The zero-order chi connectivity index (χ0) is 15.5. The largest absolute Gasteiger partial charge is 0.465 e. The number of carbonyl (C=O) groups excluding carboxylic acids is 1. The van der Waals surface area contributed by atoms with Gasteiger partial charge in [0.2, 0.25) is 0 Å². The Morgan fingerprint density at radius 2 is 2.23 bits per heavy atom. The molecule has 1 saturated heterocycles. The van der Waals surface area contributed by atoms with Gasteiger partial charge in [-0.2, -0.15) is 0 Å². The lowest BCUT2D eigenvalue weighted by atomic mass is 9.84. The molecule has 2 atom stereocenters. The number of pyridine rings is 1. The Kier molecular flexibility index (Phi) is 2.61. The summed E-state index contributed by atoms with van der Waals surface area (Å²) in [6.45, 7) is 2.85. The van der Waals surface area contributed by atoms with Crippen LogP contribution in [0.3, 0.4) is 0 Å². The summed E-state index contributed by atoms with van der Waals surface area (Å²) in [5, 5.41) is 0. The van der Waals surface area contributed by atoms with E-state index in [1.807, 2.05) is 6.20 Å². The van der Waals surface area contributed by atoms with Crippen LogP contribution >= 0.6 is 0 Å². The lowest BCUT2D eigenvalue weighted by molar-refractivity contribution is -0.00627. The number of nitrogens with one attached hydrogen (secondary N) is 1. The molecular weight excluding hydrogens is 284 g/mol. The monoisotopic (exact) mass is 302 g/mol. The fraction of sp³-hybridized carbons (Fsp3) is 0.500. The first-order valence-corrected chi connectivity index (χ1v) is 7.43. The van der Waals surface area contributed by atoms with Crippen LogP contribution in [0.2, 0.25) is 0 Å². The van der Waals surface area contributed by atoms with Gasteiger partial charge in [-0.3, -0.25) is 4.79 Å². The van der Waals surface area contributed by atoms with Crippen LogP contribution in [0.1, 0.15) is 42.2 Å². The number of fused-ring (bicyclic) bond motifs is 3. The number of hydrogen-bond acceptors (Lipinski definition) is 4. The van der Waals surface area contributed by atoms with E-state index < -0.39 is 5.97 Å². The summed E-state index contributed by atoms with van der Waals surface area (Å²) in [5.41, 5.74) is 1.43. The van der Waals surface area contributed by atoms with E-state index in [1.54, 1.807) is 4.40 Å². The van der Waals surface area contributed by atoms with E-state index in [1.165, 1.54) is 19.4 Å². The highest BCUT2D eigenvalue weighted by atomic mass is 16.5. The van der Waals surface area contributed by atoms with Gasteiger partial charge in [0.1, 0.15) is 11.2 Å². The van der Waals surface area contributed by atoms with Crippen molar-refractivity contribution < 1.29 is 14.3 Å². The molecular formula is C16H18N2O4. The third-order valence-corrected chi connectivity index (χ3v) is 5.13. The van der Waals surface area contributed by atoms with Crippen LogP contribution in [-0.4, -0.2) is 34.7 Å². The molecule has 3 heterocycles. The molecule has 1 aliphatic heterocycles. The SMILES string of the molecule is COC(=O)c1cn2cc(C34CC[C@@](C)(C3)OC4)[nH]c2cc1=O. The predicted octanol–water partition coefficient (Wildman–Crippen LogP) is 1.62. The van der Waals surface area contributed by atoms with Gasteiger partial charge in [0.05, 0.1) is 19.3 Å². The molecule has 2 aromatic rings. The topological polar surface area (TPSA) is 72.8 Å². The minimum atomic E-state index is -0.613. The van der Waals surface area contributed by atoms with Crippen molar-refractivity contribution >= 4 is 11.6 Å². The smallest absolute Gasteiger partial charge is 0.343 e. The molecule has 1 unspecified atom stereocenters. The number of carbonyl (C=O) groups is 1. The van der Waals surface area contributed by atoms with E-state index in [2.05, 4.69) is 16.6 Å². The third-order valence-electron chi connectivity index (χ3n) is 5.13. The maximum absolute atomic E-state index is 12.0. The summed E-state index contributed by atoms with van der Waals surface area (Å²) in [7, 11) is 1.27. The van der Waals surface area contributed by atoms with E-state index in [9.17, 15) is 9.59 Å². The van der Waals surface area contributed by atoms with Gasteiger partial charge in [0, 0.05) is 29.6 Å². The summed E-state index contributed by atoms with van der Waals surface area (Å²) >= 11 is 0. The Morgan fingerprint density at radius 3 is 2.82 bits per heavy atom. The van der Waals surface area contributed by atoms with Crippen LogP contribution in [0.4, 0.5) is 0 Å². The molecule has 0 amide bonds. The van der Waals surface area contributed by atoms with Gasteiger partial charge in [-0.15, -0.1) is 0 Å². The predicted molar refractivity (Wildman–Crippen MR) is 79.2 cm³/mol. The highest BCUT2D eigenvalue weighted by Crippen LogP contribution is 2.53. The zero-order valence-electron chi connectivity index (χ0n) is 12.6. The molecule has 2 bridgehead atoms.